The van der Waals surface area contributed by atoms with E-state index in [1.165, 1.54) is 36.0 Å². The predicted molar refractivity (Wildman–Crippen MR) is 143 cm³/mol. The van der Waals surface area contributed by atoms with Gasteiger partial charge in [0.05, 0.1) is 12.6 Å². The summed E-state index contributed by atoms with van der Waals surface area (Å²) < 4.78 is 1.93. The number of pyridine rings is 1. The van der Waals surface area contributed by atoms with E-state index in [2.05, 4.69) is 76.5 Å². The monoisotopic (exact) mass is 484 g/mol. The Labute approximate surface area is 212 Å². The fourth-order valence-corrected chi connectivity index (χ4v) is 5.63. The van der Waals surface area contributed by atoms with Gasteiger partial charge in [-0.25, -0.2) is 4.68 Å². The van der Waals surface area contributed by atoms with E-state index in [9.17, 15) is 4.79 Å². The zero-order valence-electron chi connectivity index (χ0n) is 21.6. The number of fused-ring (bicyclic) bond motifs is 1. The third-order valence-corrected chi connectivity index (χ3v) is 7.75. The Morgan fingerprint density at radius 3 is 2.56 bits per heavy atom. The topological polar surface area (TPSA) is 79.7 Å². The van der Waals surface area contributed by atoms with Gasteiger partial charge in [-0.1, -0.05) is 56.5 Å². The third kappa shape index (κ3) is 5.12. The van der Waals surface area contributed by atoms with Crippen molar-refractivity contribution in [1.82, 2.24) is 30.1 Å². The first kappa shape index (κ1) is 24.4. The Hall–Kier alpha value is -3.32. The number of benzene rings is 2. The summed E-state index contributed by atoms with van der Waals surface area (Å²) in [7, 11) is 0. The van der Waals surface area contributed by atoms with Crippen molar-refractivity contribution in [3.05, 3.63) is 87.0 Å². The number of H-pyrrole nitrogens is 1. The van der Waals surface area contributed by atoms with Crippen molar-refractivity contribution in [3.63, 3.8) is 0 Å². The number of aryl methyl sites for hydroxylation is 2. The fraction of sp³-hybridized carbons (Fsp3) is 0.448. The molecule has 2 aromatic heterocycles. The highest BCUT2D eigenvalue weighted by molar-refractivity contribution is 5.80. The van der Waals surface area contributed by atoms with Crippen molar-refractivity contribution in [2.24, 2.45) is 0 Å². The van der Waals surface area contributed by atoms with Crippen LogP contribution in [0.1, 0.15) is 79.6 Å². The van der Waals surface area contributed by atoms with Gasteiger partial charge in [0.25, 0.3) is 5.56 Å². The molecule has 2 heterocycles. The number of hydrogen-bond donors (Lipinski definition) is 1. The Morgan fingerprint density at radius 2 is 1.81 bits per heavy atom. The van der Waals surface area contributed by atoms with E-state index in [1.54, 1.807) is 0 Å². The molecule has 1 aliphatic carbocycles. The summed E-state index contributed by atoms with van der Waals surface area (Å²) in [6, 6.07) is 17.1. The maximum Gasteiger partial charge on any atom is 0.252 e. The number of hydrogen-bond acceptors (Lipinski definition) is 5. The minimum atomic E-state index is -0.00899. The summed E-state index contributed by atoms with van der Waals surface area (Å²) in [6.07, 6.45) is 6.87. The first-order valence-electron chi connectivity index (χ1n) is 13.2. The predicted octanol–water partition coefficient (Wildman–Crippen LogP) is 5.47. The van der Waals surface area contributed by atoms with E-state index < -0.39 is 0 Å². The zero-order valence-corrected chi connectivity index (χ0v) is 21.6. The van der Waals surface area contributed by atoms with Gasteiger partial charge in [0.15, 0.2) is 5.82 Å². The highest BCUT2D eigenvalue weighted by Crippen LogP contribution is 2.33. The van der Waals surface area contributed by atoms with Gasteiger partial charge in [-0.15, -0.1) is 5.10 Å². The van der Waals surface area contributed by atoms with E-state index in [0.29, 0.717) is 19.1 Å². The molecule has 1 saturated carbocycles. The minimum absolute atomic E-state index is 0.00899. The number of nitrogens with zero attached hydrogens (tertiary/aromatic N) is 5. The minimum Gasteiger partial charge on any atom is -0.322 e. The largest absolute Gasteiger partial charge is 0.322 e. The normalized spacial score (nSPS) is 15.6. The summed E-state index contributed by atoms with van der Waals surface area (Å²) in [4.78, 5) is 18.9. The molecular weight excluding hydrogens is 448 g/mol. The molecule has 2 aromatic carbocycles. The first-order chi connectivity index (χ1) is 17.5. The quantitative estimate of drug-likeness (QED) is 0.359. The van der Waals surface area contributed by atoms with Gasteiger partial charge >= 0.3 is 0 Å². The van der Waals surface area contributed by atoms with Gasteiger partial charge in [0, 0.05) is 23.7 Å². The lowest BCUT2D eigenvalue weighted by Gasteiger charge is -2.39. The lowest BCUT2D eigenvalue weighted by molar-refractivity contribution is 0.0844. The van der Waals surface area contributed by atoms with Crippen molar-refractivity contribution in [2.75, 3.05) is 0 Å². The average Bonchev–Trinajstić information content (AvgIpc) is 3.34. The molecule has 0 unspecified atom stereocenters. The molecule has 36 heavy (non-hydrogen) atoms. The van der Waals surface area contributed by atoms with Gasteiger partial charge in [-0.2, -0.15) is 0 Å². The molecule has 1 N–H and O–H groups in total. The number of aromatic nitrogens is 5. The van der Waals surface area contributed by atoms with Crippen LogP contribution in [-0.4, -0.2) is 36.1 Å². The molecule has 1 fully saturated rings. The molecule has 0 spiro atoms. The standard InChI is InChI=1S/C29H36N6O/c1-4-27(28-31-32-33-35(28)18-22-11-7-5-8-12-22)34(25-13-9-6-10-14-25)19-24-17-23-15-20(2)21(3)16-26(23)30-29(24)36/h5,7-8,11-12,15-17,25,27H,4,6,9-10,13-14,18-19H2,1-3H3,(H,30,36)/t27-/m1/s1. The maximum atomic E-state index is 13.2. The van der Waals surface area contributed by atoms with Gasteiger partial charge in [0.2, 0.25) is 0 Å². The van der Waals surface area contributed by atoms with Crippen LogP contribution >= 0.6 is 0 Å². The van der Waals surface area contributed by atoms with E-state index in [4.69, 9.17) is 0 Å². The number of rotatable bonds is 8. The fourth-order valence-electron chi connectivity index (χ4n) is 5.63. The maximum absolute atomic E-state index is 13.2. The van der Waals surface area contributed by atoms with Crippen LogP contribution in [0.2, 0.25) is 0 Å². The molecular formula is C29H36N6O. The van der Waals surface area contributed by atoms with Crippen LogP contribution in [0.4, 0.5) is 0 Å². The van der Waals surface area contributed by atoms with Crippen LogP contribution < -0.4 is 5.56 Å². The molecule has 1 aliphatic rings. The summed E-state index contributed by atoms with van der Waals surface area (Å²) in [5.74, 6) is 0.871. The Morgan fingerprint density at radius 1 is 1.06 bits per heavy atom. The average molecular weight is 485 g/mol. The number of aromatic amines is 1. The van der Waals surface area contributed by atoms with Gasteiger partial charge in [-0.05, 0) is 83.8 Å². The molecule has 188 valence electrons. The van der Waals surface area contributed by atoms with E-state index >= 15 is 0 Å². The summed E-state index contributed by atoms with van der Waals surface area (Å²) in [6.45, 7) is 7.61. The Kier molecular flexibility index (Phi) is 7.28. The molecule has 0 aliphatic heterocycles. The lowest BCUT2D eigenvalue weighted by atomic mass is 9.92. The lowest BCUT2D eigenvalue weighted by Crippen LogP contribution is -2.41. The molecule has 7 heteroatoms. The van der Waals surface area contributed by atoms with Crippen molar-refractivity contribution >= 4 is 10.9 Å². The molecule has 0 radical (unpaired) electrons. The molecule has 0 bridgehead atoms. The van der Waals surface area contributed by atoms with Crippen molar-refractivity contribution in [3.8, 4) is 0 Å². The van der Waals surface area contributed by atoms with Crippen LogP contribution in [0.3, 0.4) is 0 Å². The van der Waals surface area contributed by atoms with Crippen LogP contribution in [0.15, 0.2) is 53.3 Å². The number of tetrazole rings is 1. The zero-order chi connectivity index (χ0) is 25.1. The van der Waals surface area contributed by atoms with Crippen LogP contribution in [0, 0.1) is 13.8 Å². The molecule has 4 aromatic rings. The second kappa shape index (κ2) is 10.7. The molecule has 0 saturated heterocycles. The van der Waals surface area contributed by atoms with Crippen molar-refractivity contribution < 1.29 is 0 Å². The van der Waals surface area contributed by atoms with E-state index in [0.717, 1.165) is 41.6 Å². The summed E-state index contributed by atoms with van der Waals surface area (Å²) in [5, 5.41) is 14.0. The van der Waals surface area contributed by atoms with Crippen LogP contribution in [-0.2, 0) is 13.1 Å². The molecule has 1 atom stereocenters. The summed E-state index contributed by atoms with van der Waals surface area (Å²) in [5.41, 5.74) is 5.28. The summed E-state index contributed by atoms with van der Waals surface area (Å²) >= 11 is 0. The van der Waals surface area contributed by atoms with Crippen molar-refractivity contribution in [1.29, 1.82) is 0 Å². The van der Waals surface area contributed by atoms with Gasteiger partial charge < -0.3 is 4.98 Å². The smallest absolute Gasteiger partial charge is 0.252 e. The molecule has 5 rings (SSSR count). The Bertz CT molecular complexity index is 1370. The van der Waals surface area contributed by atoms with E-state index in [-0.39, 0.29) is 11.6 Å². The van der Waals surface area contributed by atoms with E-state index in [1.807, 2.05) is 22.9 Å². The van der Waals surface area contributed by atoms with Gasteiger partial charge in [0.1, 0.15) is 0 Å². The first-order valence-corrected chi connectivity index (χ1v) is 13.2. The van der Waals surface area contributed by atoms with Gasteiger partial charge in [-0.3, -0.25) is 9.69 Å². The van der Waals surface area contributed by atoms with Crippen LogP contribution in [0.25, 0.3) is 10.9 Å². The SMILES string of the molecule is CC[C@H](c1nnnn1Cc1ccccc1)N(Cc1cc2cc(C)c(C)cc2[nH]c1=O)C1CCCCC1. The van der Waals surface area contributed by atoms with Crippen LogP contribution in [0.5, 0.6) is 0 Å². The second-order valence-corrected chi connectivity index (χ2v) is 10.2. The second-order valence-electron chi connectivity index (χ2n) is 10.2. The third-order valence-electron chi connectivity index (χ3n) is 7.75. The number of nitrogens with one attached hydrogen (secondary N) is 1. The molecule has 7 nitrogen and oxygen atoms in total. The molecule has 0 amide bonds. The Balaban J connectivity index is 1.51. The van der Waals surface area contributed by atoms with Crippen molar-refractivity contribution in [2.45, 2.75) is 84.5 Å². The highest BCUT2D eigenvalue weighted by Gasteiger charge is 2.32. The highest BCUT2D eigenvalue weighted by atomic mass is 16.1.